The summed E-state index contributed by atoms with van der Waals surface area (Å²) in [4.78, 5) is 34.3. The standard InChI is InChI=1S/C12H20N2O6/c1-4-20-9(15)7(2)13-11(18)14-8-5-19-6-12(8,3)10(16)17/h7-8H,4-6H2,1-3H3,(H,16,17)(H2,13,14,18). The molecule has 1 fully saturated rings. The van der Waals surface area contributed by atoms with E-state index < -0.39 is 35.5 Å². The number of carboxylic acid groups (broad SMARTS) is 1. The molecule has 0 aromatic rings. The number of hydrogen-bond acceptors (Lipinski definition) is 5. The van der Waals surface area contributed by atoms with Crippen LogP contribution in [0.4, 0.5) is 4.79 Å². The molecule has 0 bridgehead atoms. The van der Waals surface area contributed by atoms with Gasteiger partial charge in [0.15, 0.2) is 0 Å². The number of carbonyl (C=O) groups excluding carboxylic acids is 2. The maximum absolute atomic E-state index is 11.8. The Morgan fingerprint density at radius 2 is 2.15 bits per heavy atom. The number of ether oxygens (including phenoxy) is 2. The van der Waals surface area contributed by atoms with Crippen LogP contribution in [0.15, 0.2) is 0 Å². The van der Waals surface area contributed by atoms with Crippen LogP contribution in [0.1, 0.15) is 20.8 Å². The Morgan fingerprint density at radius 3 is 2.70 bits per heavy atom. The lowest BCUT2D eigenvalue weighted by molar-refractivity contribution is -0.149. The number of rotatable bonds is 5. The van der Waals surface area contributed by atoms with Gasteiger partial charge in [-0.25, -0.2) is 9.59 Å². The molecule has 1 rings (SSSR count). The van der Waals surface area contributed by atoms with Crippen molar-refractivity contribution in [2.75, 3.05) is 19.8 Å². The Labute approximate surface area is 116 Å². The zero-order valence-corrected chi connectivity index (χ0v) is 11.8. The average molecular weight is 288 g/mol. The highest BCUT2D eigenvalue weighted by molar-refractivity contribution is 5.84. The largest absolute Gasteiger partial charge is 0.481 e. The van der Waals surface area contributed by atoms with Gasteiger partial charge in [-0.15, -0.1) is 0 Å². The molecule has 8 heteroatoms. The summed E-state index contributed by atoms with van der Waals surface area (Å²) in [6, 6.07) is -2.10. The maximum Gasteiger partial charge on any atom is 0.328 e. The molecule has 2 amide bonds. The predicted octanol–water partition coefficient (Wildman–Crippen LogP) is -0.273. The fourth-order valence-corrected chi connectivity index (χ4v) is 1.81. The van der Waals surface area contributed by atoms with Crippen LogP contribution in [0, 0.1) is 5.41 Å². The van der Waals surface area contributed by atoms with E-state index in [-0.39, 0.29) is 19.8 Å². The molecule has 0 aromatic heterocycles. The number of nitrogens with one attached hydrogen (secondary N) is 2. The van der Waals surface area contributed by atoms with Gasteiger partial charge in [0.05, 0.1) is 25.9 Å². The third kappa shape index (κ3) is 3.60. The summed E-state index contributed by atoms with van der Waals surface area (Å²) in [5, 5.41) is 14.1. The molecule has 0 radical (unpaired) electrons. The first-order valence-corrected chi connectivity index (χ1v) is 6.36. The molecule has 0 saturated carbocycles. The van der Waals surface area contributed by atoms with Gasteiger partial charge in [-0.05, 0) is 20.8 Å². The average Bonchev–Trinajstić information content (AvgIpc) is 2.72. The van der Waals surface area contributed by atoms with Crippen molar-refractivity contribution in [3.05, 3.63) is 0 Å². The molecule has 0 aliphatic carbocycles. The van der Waals surface area contributed by atoms with E-state index >= 15 is 0 Å². The van der Waals surface area contributed by atoms with Crippen molar-refractivity contribution in [3.63, 3.8) is 0 Å². The fourth-order valence-electron chi connectivity index (χ4n) is 1.81. The Bertz CT molecular complexity index is 399. The SMILES string of the molecule is CCOC(=O)C(C)NC(=O)NC1COCC1(C)C(=O)O. The normalized spacial score (nSPS) is 26.6. The van der Waals surface area contributed by atoms with Crippen molar-refractivity contribution in [3.8, 4) is 0 Å². The van der Waals surface area contributed by atoms with Crippen LogP contribution in [0.2, 0.25) is 0 Å². The molecular weight excluding hydrogens is 268 g/mol. The first-order valence-electron chi connectivity index (χ1n) is 6.36. The van der Waals surface area contributed by atoms with Crippen LogP contribution in [0.5, 0.6) is 0 Å². The van der Waals surface area contributed by atoms with E-state index in [1.54, 1.807) is 6.92 Å². The third-order valence-electron chi connectivity index (χ3n) is 3.24. The molecule has 20 heavy (non-hydrogen) atoms. The van der Waals surface area contributed by atoms with Crippen LogP contribution in [0.3, 0.4) is 0 Å². The second-order valence-electron chi connectivity index (χ2n) is 4.88. The number of carbonyl (C=O) groups is 3. The summed E-state index contributed by atoms with van der Waals surface area (Å²) in [7, 11) is 0. The van der Waals surface area contributed by atoms with Gasteiger partial charge in [0, 0.05) is 0 Å². The van der Waals surface area contributed by atoms with Crippen LogP contribution in [-0.2, 0) is 19.1 Å². The van der Waals surface area contributed by atoms with E-state index in [0.29, 0.717) is 0 Å². The number of carboxylic acids is 1. The minimum absolute atomic E-state index is 0.0285. The number of hydrogen-bond donors (Lipinski definition) is 3. The van der Waals surface area contributed by atoms with Gasteiger partial charge in [0.25, 0.3) is 0 Å². The van der Waals surface area contributed by atoms with E-state index in [4.69, 9.17) is 9.47 Å². The summed E-state index contributed by atoms with van der Waals surface area (Å²) in [5.74, 6) is -1.59. The van der Waals surface area contributed by atoms with E-state index in [1.165, 1.54) is 13.8 Å². The molecule has 3 unspecified atom stereocenters. The molecule has 1 aliphatic rings. The van der Waals surface area contributed by atoms with E-state index in [2.05, 4.69) is 10.6 Å². The van der Waals surface area contributed by atoms with Gasteiger partial charge in [0.2, 0.25) is 0 Å². The molecule has 3 atom stereocenters. The summed E-state index contributed by atoms with van der Waals surface area (Å²) in [6.45, 7) is 5.02. The summed E-state index contributed by atoms with van der Waals surface area (Å²) < 4.78 is 9.86. The van der Waals surface area contributed by atoms with Gasteiger partial charge in [-0.1, -0.05) is 0 Å². The van der Waals surface area contributed by atoms with E-state index in [9.17, 15) is 19.5 Å². The van der Waals surface area contributed by atoms with Crippen molar-refractivity contribution < 1.29 is 29.0 Å². The number of aliphatic carboxylic acids is 1. The number of esters is 1. The molecular formula is C12H20N2O6. The Kier molecular flexibility index (Phi) is 5.32. The summed E-state index contributed by atoms with van der Waals surface area (Å²) in [6.07, 6.45) is 0. The summed E-state index contributed by atoms with van der Waals surface area (Å²) >= 11 is 0. The van der Waals surface area contributed by atoms with Gasteiger partial charge < -0.3 is 25.2 Å². The van der Waals surface area contributed by atoms with Crippen molar-refractivity contribution in [1.82, 2.24) is 10.6 Å². The van der Waals surface area contributed by atoms with Gasteiger partial charge in [-0.3, -0.25) is 4.79 Å². The van der Waals surface area contributed by atoms with Crippen molar-refractivity contribution >= 4 is 18.0 Å². The minimum atomic E-state index is -1.18. The number of amides is 2. The Balaban J connectivity index is 2.54. The van der Waals surface area contributed by atoms with Crippen molar-refractivity contribution in [1.29, 1.82) is 0 Å². The highest BCUT2D eigenvalue weighted by Gasteiger charge is 2.47. The van der Waals surface area contributed by atoms with Crippen LogP contribution in [0.25, 0.3) is 0 Å². The first-order chi connectivity index (χ1) is 9.31. The zero-order valence-electron chi connectivity index (χ0n) is 11.8. The highest BCUT2D eigenvalue weighted by atomic mass is 16.5. The molecule has 0 spiro atoms. The summed E-state index contributed by atoms with van der Waals surface area (Å²) in [5.41, 5.74) is -1.18. The number of urea groups is 1. The minimum Gasteiger partial charge on any atom is -0.481 e. The quantitative estimate of drug-likeness (QED) is 0.600. The monoisotopic (exact) mass is 288 g/mol. The molecule has 114 valence electrons. The molecule has 3 N–H and O–H groups in total. The molecule has 1 saturated heterocycles. The second-order valence-corrected chi connectivity index (χ2v) is 4.88. The Morgan fingerprint density at radius 1 is 1.50 bits per heavy atom. The predicted molar refractivity (Wildman–Crippen MR) is 68.1 cm³/mol. The molecule has 8 nitrogen and oxygen atoms in total. The van der Waals surface area contributed by atoms with Gasteiger partial charge in [-0.2, -0.15) is 0 Å². The lowest BCUT2D eigenvalue weighted by Crippen LogP contribution is -2.54. The lowest BCUT2D eigenvalue weighted by atomic mass is 9.85. The van der Waals surface area contributed by atoms with Crippen LogP contribution in [-0.4, -0.2) is 55.0 Å². The molecule has 1 heterocycles. The zero-order chi connectivity index (χ0) is 15.3. The Hall–Kier alpha value is -1.83. The van der Waals surface area contributed by atoms with Crippen molar-refractivity contribution in [2.45, 2.75) is 32.9 Å². The highest BCUT2D eigenvalue weighted by Crippen LogP contribution is 2.28. The van der Waals surface area contributed by atoms with Gasteiger partial charge in [0.1, 0.15) is 11.5 Å². The lowest BCUT2D eigenvalue weighted by Gasteiger charge is -2.26. The van der Waals surface area contributed by atoms with E-state index in [0.717, 1.165) is 0 Å². The first kappa shape index (κ1) is 16.2. The maximum atomic E-state index is 11.8. The van der Waals surface area contributed by atoms with Gasteiger partial charge >= 0.3 is 18.0 Å². The smallest absolute Gasteiger partial charge is 0.328 e. The molecule has 0 aromatic carbocycles. The fraction of sp³-hybridized carbons (Fsp3) is 0.750. The van der Waals surface area contributed by atoms with Crippen LogP contribution >= 0.6 is 0 Å². The third-order valence-corrected chi connectivity index (χ3v) is 3.24. The topological polar surface area (TPSA) is 114 Å². The molecule has 1 aliphatic heterocycles. The van der Waals surface area contributed by atoms with Crippen LogP contribution < -0.4 is 10.6 Å². The van der Waals surface area contributed by atoms with Crippen molar-refractivity contribution in [2.24, 2.45) is 5.41 Å². The van der Waals surface area contributed by atoms with E-state index in [1.807, 2.05) is 0 Å². The second kappa shape index (κ2) is 6.56.